The maximum absolute atomic E-state index is 13.0. The van der Waals surface area contributed by atoms with E-state index in [1.165, 1.54) is 12.1 Å². The first-order valence-corrected chi connectivity index (χ1v) is 8.21. The number of carbonyl (C=O) groups is 1. The molecule has 0 saturated carbocycles. The van der Waals surface area contributed by atoms with E-state index in [2.05, 4.69) is 27.1 Å². The Kier molecular flexibility index (Phi) is 5.15. The van der Waals surface area contributed by atoms with Gasteiger partial charge in [0.1, 0.15) is 5.82 Å². The summed E-state index contributed by atoms with van der Waals surface area (Å²) < 4.78 is 13.0. The smallest absolute Gasteiger partial charge is 0.229 e. The van der Waals surface area contributed by atoms with E-state index in [9.17, 15) is 9.18 Å². The van der Waals surface area contributed by atoms with Crippen LogP contribution in [0, 0.1) is 11.7 Å². The number of nitrogens with zero attached hydrogens (tertiary/aromatic N) is 3. The highest BCUT2D eigenvalue weighted by Crippen LogP contribution is 2.27. The first-order chi connectivity index (χ1) is 11.6. The topological polar surface area (TPSA) is 58.1 Å². The molecule has 1 aliphatic rings. The van der Waals surface area contributed by atoms with Crippen LogP contribution in [0.5, 0.6) is 0 Å². The summed E-state index contributed by atoms with van der Waals surface area (Å²) in [5, 5.41) is 2.77. The Labute approximate surface area is 140 Å². The van der Waals surface area contributed by atoms with Crippen molar-refractivity contribution in [2.45, 2.75) is 25.8 Å². The molecular weight excluding hydrogens is 307 g/mol. The second-order valence-corrected chi connectivity index (χ2v) is 6.10. The fourth-order valence-electron chi connectivity index (χ4n) is 3.08. The molecule has 1 aromatic carbocycles. The van der Waals surface area contributed by atoms with E-state index in [0.29, 0.717) is 5.95 Å². The number of amides is 1. The lowest BCUT2D eigenvalue weighted by atomic mass is 9.94. The van der Waals surface area contributed by atoms with Crippen LogP contribution in [0.25, 0.3) is 0 Å². The summed E-state index contributed by atoms with van der Waals surface area (Å²) in [5.41, 5.74) is 1.09. The van der Waals surface area contributed by atoms with Gasteiger partial charge in [-0.1, -0.05) is 12.1 Å². The molecule has 0 bridgehead atoms. The molecule has 0 aliphatic carbocycles. The van der Waals surface area contributed by atoms with Gasteiger partial charge in [-0.05, 0) is 56.6 Å². The third-order valence-electron chi connectivity index (χ3n) is 4.60. The van der Waals surface area contributed by atoms with Crippen molar-refractivity contribution < 1.29 is 9.18 Å². The Bertz CT molecular complexity index is 669. The molecule has 0 radical (unpaired) electrons. The number of hydrogen-bond acceptors (Lipinski definition) is 4. The number of hydrogen-bond donors (Lipinski definition) is 1. The molecule has 24 heavy (non-hydrogen) atoms. The van der Waals surface area contributed by atoms with Crippen molar-refractivity contribution in [2.75, 3.05) is 18.4 Å². The first kappa shape index (κ1) is 16.5. The summed E-state index contributed by atoms with van der Waals surface area (Å²) in [6.45, 7) is 3.80. The molecular formula is C18H21FN4O. The lowest BCUT2D eigenvalue weighted by molar-refractivity contribution is -0.121. The molecule has 6 heteroatoms. The summed E-state index contributed by atoms with van der Waals surface area (Å²) >= 11 is 0. The third-order valence-corrected chi connectivity index (χ3v) is 4.60. The predicted molar refractivity (Wildman–Crippen MR) is 89.8 cm³/mol. The molecule has 1 fully saturated rings. The Morgan fingerprint density at radius 2 is 1.83 bits per heavy atom. The van der Waals surface area contributed by atoms with Crippen LogP contribution in [0.15, 0.2) is 42.7 Å². The van der Waals surface area contributed by atoms with Crippen LogP contribution in [-0.2, 0) is 4.79 Å². The van der Waals surface area contributed by atoms with Crippen LogP contribution in [0.1, 0.15) is 31.4 Å². The number of likely N-dealkylation sites (tertiary alicyclic amines) is 1. The summed E-state index contributed by atoms with van der Waals surface area (Å²) in [5.74, 6) is 0.0924. The van der Waals surface area contributed by atoms with E-state index in [1.54, 1.807) is 18.5 Å². The van der Waals surface area contributed by atoms with E-state index in [-0.39, 0.29) is 23.7 Å². The maximum atomic E-state index is 13.0. The number of anilines is 1. The van der Waals surface area contributed by atoms with E-state index >= 15 is 0 Å². The molecule has 1 aromatic heterocycles. The molecule has 0 spiro atoms. The Hall–Kier alpha value is -2.34. The zero-order valence-electron chi connectivity index (χ0n) is 13.7. The number of halogens is 1. The lowest BCUT2D eigenvalue weighted by Crippen LogP contribution is -2.39. The molecule has 1 aliphatic heterocycles. The summed E-state index contributed by atoms with van der Waals surface area (Å²) in [7, 11) is 0. The number of benzene rings is 1. The number of aromatic nitrogens is 2. The fourth-order valence-corrected chi connectivity index (χ4v) is 3.08. The molecule has 1 N–H and O–H groups in total. The van der Waals surface area contributed by atoms with Crippen LogP contribution < -0.4 is 5.32 Å². The van der Waals surface area contributed by atoms with Gasteiger partial charge in [-0.2, -0.15) is 0 Å². The minimum atomic E-state index is -0.218. The van der Waals surface area contributed by atoms with Crippen LogP contribution in [0.2, 0.25) is 0 Å². The normalized spacial score (nSPS) is 17.4. The van der Waals surface area contributed by atoms with Gasteiger partial charge in [0.2, 0.25) is 11.9 Å². The van der Waals surface area contributed by atoms with Crippen molar-refractivity contribution in [2.24, 2.45) is 5.92 Å². The molecule has 2 heterocycles. The van der Waals surface area contributed by atoms with Crippen LogP contribution >= 0.6 is 0 Å². The van der Waals surface area contributed by atoms with Gasteiger partial charge in [0.25, 0.3) is 0 Å². The Balaban J connectivity index is 1.53. The molecule has 1 saturated heterocycles. The number of carbonyl (C=O) groups excluding carboxylic acids is 1. The SMILES string of the molecule is C[C@H](c1ccc(F)cc1)N1CCC(C(=O)Nc2ncccn2)CC1. The Morgan fingerprint density at radius 3 is 2.46 bits per heavy atom. The monoisotopic (exact) mass is 328 g/mol. The van der Waals surface area contributed by atoms with E-state index in [0.717, 1.165) is 31.5 Å². The second kappa shape index (κ2) is 7.49. The predicted octanol–water partition coefficient (Wildman–Crippen LogP) is 3.03. The van der Waals surface area contributed by atoms with Gasteiger partial charge in [-0.3, -0.25) is 15.0 Å². The average molecular weight is 328 g/mol. The Morgan fingerprint density at radius 1 is 1.21 bits per heavy atom. The van der Waals surface area contributed by atoms with Gasteiger partial charge < -0.3 is 0 Å². The van der Waals surface area contributed by atoms with Crippen molar-refractivity contribution >= 4 is 11.9 Å². The molecule has 1 atom stereocenters. The van der Waals surface area contributed by atoms with Crippen molar-refractivity contribution in [3.8, 4) is 0 Å². The highest BCUT2D eigenvalue weighted by atomic mass is 19.1. The van der Waals surface area contributed by atoms with Gasteiger partial charge in [-0.25, -0.2) is 14.4 Å². The molecule has 3 rings (SSSR count). The average Bonchev–Trinajstić information content (AvgIpc) is 2.63. The minimum absolute atomic E-state index is 0.0183. The van der Waals surface area contributed by atoms with E-state index in [1.807, 2.05) is 12.1 Å². The highest BCUT2D eigenvalue weighted by Gasteiger charge is 2.28. The fraction of sp³-hybridized carbons (Fsp3) is 0.389. The van der Waals surface area contributed by atoms with Crippen LogP contribution in [0.3, 0.4) is 0 Å². The number of nitrogens with one attached hydrogen (secondary N) is 1. The summed E-state index contributed by atoms with van der Waals surface area (Å²) in [6.07, 6.45) is 4.81. The highest BCUT2D eigenvalue weighted by molar-refractivity contribution is 5.90. The van der Waals surface area contributed by atoms with E-state index in [4.69, 9.17) is 0 Å². The van der Waals surface area contributed by atoms with Crippen molar-refractivity contribution in [1.29, 1.82) is 0 Å². The first-order valence-electron chi connectivity index (χ1n) is 8.21. The van der Waals surface area contributed by atoms with Crippen LogP contribution in [0.4, 0.5) is 10.3 Å². The maximum Gasteiger partial charge on any atom is 0.229 e. The molecule has 1 amide bonds. The zero-order valence-corrected chi connectivity index (χ0v) is 13.7. The largest absolute Gasteiger partial charge is 0.297 e. The molecule has 2 aromatic rings. The standard InChI is InChI=1S/C18H21FN4O/c1-13(14-3-5-16(19)6-4-14)23-11-7-15(8-12-23)17(24)22-18-20-9-2-10-21-18/h2-6,9-10,13,15H,7-8,11-12H2,1H3,(H,20,21,22,24)/t13-/m1/s1. The van der Waals surface area contributed by atoms with Gasteiger partial charge in [0.15, 0.2) is 0 Å². The summed E-state index contributed by atoms with van der Waals surface area (Å²) in [4.78, 5) is 22.7. The quantitative estimate of drug-likeness (QED) is 0.937. The molecule has 5 nitrogen and oxygen atoms in total. The van der Waals surface area contributed by atoms with Gasteiger partial charge in [0.05, 0.1) is 0 Å². The van der Waals surface area contributed by atoms with Gasteiger partial charge in [-0.15, -0.1) is 0 Å². The van der Waals surface area contributed by atoms with E-state index < -0.39 is 0 Å². The van der Waals surface area contributed by atoms with Crippen molar-refractivity contribution in [3.05, 3.63) is 54.1 Å². The lowest BCUT2D eigenvalue weighted by Gasteiger charge is -2.35. The molecule has 126 valence electrons. The summed E-state index contributed by atoms with van der Waals surface area (Å²) in [6, 6.07) is 8.56. The van der Waals surface area contributed by atoms with Crippen molar-refractivity contribution in [1.82, 2.24) is 14.9 Å². The van der Waals surface area contributed by atoms with Crippen molar-refractivity contribution in [3.63, 3.8) is 0 Å². The minimum Gasteiger partial charge on any atom is -0.297 e. The van der Waals surface area contributed by atoms with Gasteiger partial charge >= 0.3 is 0 Å². The second-order valence-electron chi connectivity index (χ2n) is 6.10. The number of piperidine rings is 1. The molecule has 0 unspecified atom stereocenters. The van der Waals surface area contributed by atoms with Crippen LogP contribution in [-0.4, -0.2) is 33.9 Å². The number of rotatable bonds is 4. The van der Waals surface area contributed by atoms with Gasteiger partial charge in [0, 0.05) is 24.4 Å². The zero-order chi connectivity index (χ0) is 16.9. The third kappa shape index (κ3) is 3.94.